The first-order valence-corrected chi connectivity index (χ1v) is 5.01. The van der Waals surface area contributed by atoms with E-state index in [1.54, 1.807) is 0 Å². The van der Waals surface area contributed by atoms with Crippen molar-refractivity contribution < 1.29 is 22.7 Å². The molecule has 0 atom stereocenters. The Morgan fingerprint density at radius 1 is 0.842 bits per heavy atom. The fourth-order valence-corrected chi connectivity index (χ4v) is 1.66. The molecule has 0 spiro atoms. The van der Waals surface area contributed by atoms with Gasteiger partial charge in [-0.05, 0) is 17.7 Å². The summed E-state index contributed by atoms with van der Waals surface area (Å²) in [6.45, 7) is 0. The van der Waals surface area contributed by atoms with Gasteiger partial charge in [-0.25, -0.2) is 17.6 Å². The zero-order valence-corrected chi connectivity index (χ0v) is 9.22. The van der Waals surface area contributed by atoms with E-state index in [9.17, 15) is 17.6 Å². The molecule has 0 aromatic heterocycles. The van der Waals surface area contributed by atoms with Crippen LogP contribution in [0.5, 0.6) is 5.75 Å². The third-order valence-electron chi connectivity index (χ3n) is 2.47. The smallest absolute Gasteiger partial charge is 0.144 e. The average Bonchev–Trinajstić information content (AvgIpc) is 2.26. The Kier molecular flexibility index (Phi) is 3.13. The van der Waals surface area contributed by atoms with Gasteiger partial charge in [-0.15, -0.1) is 0 Å². The van der Waals surface area contributed by atoms with Crippen LogP contribution < -0.4 is 0 Å². The van der Waals surface area contributed by atoms with Crippen molar-refractivity contribution in [2.24, 2.45) is 0 Å². The standard InChI is InChI=1S/C13H5F4NO/c14-9-1-6(2-10(15)8(9)5-18)13-11(16)3-7(19)4-12(13)17/h1-4,19H. The van der Waals surface area contributed by atoms with Gasteiger partial charge in [-0.3, -0.25) is 0 Å². The molecule has 0 aliphatic rings. The van der Waals surface area contributed by atoms with Crippen LogP contribution in [0.15, 0.2) is 24.3 Å². The quantitative estimate of drug-likeness (QED) is 0.804. The van der Waals surface area contributed by atoms with Crippen LogP contribution in [-0.2, 0) is 0 Å². The molecule has 6 heteroatoms. The first-order chi connectivity index (χ1) is 8.93. The molecule has 0 aliphatic carbocycles. The minimum atomic E-state index is -1.22. The zero-order valence-electron chi connectivity index (χ0n) is 9.22. The molecule has 0 amide bonds. The maximum Gasteiger partial charge on any atom is 0.144 e. The molecule has 0 fully saturated rings. The van der Waals surface area contributed by atoms with Crippen LogP contribution in [0.3, 0.4) is 0 Å². The highest BCUT2D eigenvalue weighted by molar-refractivity contribution is 5.67. The summed E-state index contributed by atoms with van der Waals surface area (Å²) in [5, 5.41) is 17.5. The van der Waals surface area contributed by atoms with E-state index < -0.39 is 45.7 Å². The molecule has 0 aliphatic heterocycles. The van der Waals surface area contributed by atoms with Crippen LogP contribution in [0, 0.1) is 34.6 Å². The third-order valence-corrected chi connectivity index (χ3v) is 2.47. The van der Waals surface area contributed by atoms with E-state index in [0.29, 0.717) is 24.3 Å². The predicted octanol–water partition coefficient (Wildman–Crippen LogP) is 3.49. The molecule has 2 aromatic carbocycles. The van der Waals surface area contributed by atoms with Crippen molar-refractivity contribution in [2.45, 2.75) is 0 Å². The molecule has 0 radical (unpaired) electrons. The summed E-state index contributed by atoms with van der Waals surface area (Å²) in [5.74, 6) is -5.41. The molecule has 2 aromatic rings. The van der Waals surface area contributed by atoms with Crippen LogP contribution in [0.1, 0.15) is 5.56 Å². The van der Waals surface area contributed by atoms with Crippen LogP contribution in [0.4, 0.5) is 17.6 Å². The molecule has 0 bridgehead atoms. The molecule has 2 rings (SSSR count). The van der Waals surface area contributed by atoms with Gasteiger partial charge < -0.3 is 5.11 Å². The summed E-state index contributed by atoms with van der Waals surface area (Å²) in [4.78, 5) is 0. The summed E-state index contributed by atoms with van der Waals surface area (Å²) >= 11 is 0. The van der Waals surface area contributed by atoms with E-state index in [0.717, 1.165) is 0 Å². The normalized spacial score (nSPS) is 10.3. The van der Waals surface area contributed by atoms with Crippen molar-refractivity contribution >= 4 is 0 Å². The van der Waals surface area contributed by atoms with E-state index in [1.165, 1.54) is 6.07 Å². The Hall–Kier alpha value is -2.55. The van der Waals surface area contributed by atoms with Crippen molar-refractivity contribution in [3.05, 3.63) is 53.1 Å². The molecule has 0 saturated heterocycles. The van der Waals surface area contributed by atoms with E-state index in [2.05, 4.69) is 0 Å². The lowest BCUT2D eigenvalue weighted by molar-refractivity contribution is 0.461. The molecule has 19 heavy (non-hydrogen) atoms. The van der Waals surface area contributed by atoms with Gasteiger partial charge in [0.15, 0.2) is 0 Å². The highest BCUT2D eigenvalue weighted by Crippen LogP contribution is 2.31. The number of halogens is 4. The van der Waals surface area contributed by atoms with Gasteiger partial charge in [-0.2, -0.15) is 5.26 Å². The Morgan fingerprint density at radius 3 is 1.74 bits per heavy atom. The monoisotopic (exact) mass is 267 g/mol. The van der Waals surface area contributed by atoms with E-state index in [4.69, 9.17) is 10.4 Å². The van der Waals surface area contributed by atoms with Crippen LogP contribution in [-0.4, -0.2) is 5.11 Å². The highest BCUT2D eigenvalue weighted by Gasteiger charge is 2.17. The lowest BCUT2D eigenvalue weighted by Gasteiger charge is -2.07. The van der Waals surface area contributed by atoms with Gasteiger partial charge >= 0.3 is 0 Å². The van der Waals surface area contributed by atoms with Crippen LogP contribution >= 0.6 is 0 Å². The first kappa shape index (κ1) is 12.9. The lowest BCUT2D eigenvalue weighted by Crippen LogP contribution is -1.95. The molecule has 2 nitrogen and oxygen atoms in total. The van der Waals surface area contributed by atoms with Gasteiger partial charge in [0.25, 0.3) is 0 Å². The Bertz CT molecular complexity index is 660. The number of hydrogen-bond donors (Lipinski definition) is 1. The Morgan fingerprint density at radius 2 is 1.32 bits per heavy atom. The summed E-state index contributed by atoms with van der Waals surface area (Å²) < 4.78 is 53.8. The van der Waals surface area contributed by atoms with Crippen molar-refractivity contribution in [1.29, 1.82) is 5.26 Å². The summed E-state index contributed by atoms with van der Waals surface area (Å²) in [6, 6.07) is 3.84. The molecular formula is C13H5F4NO. The van der Waals surface area contributed by atoms with E-state index >= 15 is 0 Å². The molecule has 0 unspecified atom stereocenters. The fourth-order valence-electron chi connectivity index (χ4n) is 1.66. The minimum Gasteiger partial charge on any atom is -0.508 e. The number of phenols is 1. The number of nitrogens with zero attached hydrogens (tertiary/aromatic N) is 1. The topological polar surface area (TPSA) is 44.0 Å². The number of rotatable bonds is 1. The summed E-state index contributed by atoms with van der Waals surface area (Å²) in [6.07, 6.45) is 0. The molecule has 0 heterocycles. The Balaban J connectivity index is 2.71. The summed E-state index contributed by atoms with van der Waals surface area (Å²) in [7, 11) is 0. The number of benzene rings is 2. The first-order valence-electron chi connectivity index (χ1n) is 5.01. The second-order valence-electron chi connectivity index (χ2n) is 3.71. The van der Waals surface area contributed by atoms with Crippen molar-refractivity contribution in [1.82, 2.24) is 0 Å². The number of hydrogen-bond acceptors (Lipinski definition) is 2. The fraction of sp³-hybridized carbons (Fsp3) is 0. The van der Waals surface area contributed by atoms with Gasteiger partial charge in [0, 0.05) is 12.1 Å². The van der Waals surface area contributed by atoms with Crippen molar-refractivity contribution in [3.63, 3.8) is 0 Å². The highest BCUT2D eigenvalue weighted by atomic mass is 19.1. The molecular weight excluding hydrogens is 262 g/mol. The van der Waals surface area contributed by atoms with Crippen LogP contribution in [0.2, 0.25) is 0 Å². The zero-order chi connectivity index (χ0) is 14.2. The van der Waals surface area contributed by atoms with Gasteiger partial charge in [0.05, 0.1) is 5.56 Å². The molecule has 0 saturated carbocycles. The third kappa shape index (κ3) is 2.22. The van der Waals surface area contributed by atoms with Gasteiger partial charge in [0.1, 0.15) is 40.7 Å². The second kappa shape index (κ2) is 4.61. The number of nitriles is 1. The SMILES string of the molecule is N#Cc1c(F)cc(-c2c(F)cc(O)cc2F)cc1F. The molecule has 96 valence electrons. The minimum absolute atomic E-state index is 0.399. The molecule has 1 N–H and O–H groups in total. The van der Waals surface area contributed by atoms with Gasteiger partial charge in [-0.1, -0.05) is 0 Å². The van der Waals surface area contributed by atoms with E-state index in [1.807, 2.05) is 0 Å². The van der Waals surface area contributed by atoms with Gasteiger partial charge in [0.2, 0.25) is 0 Å². The number of phenolic OH excluding ortho intramolecular Hbond substituents is 1. The second-order valence-corrected chi connectivity index (χ2v) is 3.71. The predicted molar refractivity (Wildman–Crippen MR) is 58.1 cm³/mol. The largest absolute Gasteiger partial charge is 0.508 e. The van der Waals surface area contributed by atoms with E-state index in [-0.39, 0.29) is 0 Å². The summed E-state index contributed by atoms with van der Waals surface area (Å²) in [5.41, 5.74) is -1.91. The van der Waals surface area contributed by atoms with Crippen molar-refractivity contribution in [3.8, 4) is 22.9 Å². The Labute approximate surface area is 105 Å². The van der Waals surface area contributed by atoms with Crippen LogP contribution in [0.25, 0.3) is 11.1 Å². The number of aromatic hydroxyl groups is 1. The van der Waals surface area contributed by atoms with Crippen molar-refractivity contribution in [2.75, 3.05) is 0 Å². The maximum atomic E-state index is 13.5. The average molecular weight is 267 g/mol. The lowest BCUT2D eigenvalue weighted by atomic mass is 10.0. The maximum absolute atomic E-state index is 13.5.